The second-order valence-electron chi connectivity index (χ2n) is 7.70. The van der Waals surface area contributed by atoms with Crippen molar-refractivity contribution in [2.45, 2.75) is 18.9 Å². The van der Waals surface area contributed by atoms with Gasteiger partial charge in [0.2, 0.25) is 0 Å². The first kappa shape index (κ1) is 18.4. The first-order valence-corrected chi connectivity index (χ1v) is 9.96. The number of fused-ring (bicyclic) bond motifs is 2. The van der Waals surface area contributed by atoms with Crippen LogP contribution in [0.3, 0.4) is 0 Å². The van der Waals surface area contributed by atoms with E-state index in [0.29, 0.717) is 13.0 Å². The number of hydrogen-bond donors (Lipinski definition) is 1. The van der Waals surface area contributed by atoms with Gasteiger partial charge in [0.25, 0.3) is 0 Å². The second-order valence-corrected chi connectivity index (χ2v) is 7.70. The highest BCUT2D eigenvalue weighted by molar-refractivity contribution is 5.79. The second kappa shape index (κ2) is 7.29. The third-order valence-electron chi connectivity index (χ3n) is 5.81. The van der Waals surface area contributed by atoms with E-state index in [-0.39, 0.29) is 6.04 Å². The quantitative estimate of drug-likeness (QED) is 0.565. The van der Waals surface area contributed by atoms with Gasteiger partial charge in [-0.1, -0.05) is 12.1 Å². The third-order valence-corrected chi connectivity index (χ3v) is 5.81. The maximum absolute atomic E-state index is 11.2. The highest BCUT2D eigenvalue weighted by Gasteiger charge is 2.29. The van der Waals surface area contributed by atoms with E-state index in [2.05, 4.69) is 33.1 Å². The van der Waals surface area contributed by atoms with Crippen LogP contribution in [0.1, 0.15) is 17.7 Å². The Morgan fingerprint density at radius 3 is 3.00 bits per heavy atom. The van der Waals surface area contributed by atoms with Crippen molar-refractivity contribution in [2.75, 3.05) is 25.0 Å². The minimum atomic E-state index is -0.896. The van der Waals surface area contributed by atoms with Crippen molar-refractivity contribution in [2.24, 2.45) is 0 Å². The fourth-order valence-corrected chi connectivity index (χ4v) is 4.07. The molecule has 0 radical (unpaired) electrons. The molecule has 152 valence electrons. The standard InChI is InChI=1S/C22H22N6O2/c1-26(22(29)30)17-8-10-27(14-17)21-7-6-20-24-13-18(28(20)25-21)12-15-4-5-19-16(11-15)3-2-9-23-19/h2-7,9,11,13,17H,8,10,12,14H2,1H3,(H,29,30). The zero-order valence-corrected chi connectivity index (χ0v) is 16.6. The Morgan fingerprint density at radius 1 is 1.23 bits per heavy atom. The summed E-state index contributed by atoms with van der Waals surface area (Å²) >= 11 is 0. The molecule has 0 aliphatic carbocycles. The Balaban J connectivity index is 1.41. The van der Waals surface area contributed by atoms with Crippen LogP contribution in [0.2, 0.25) is 0 Å². The van der Waals surface area contributed by atoms with Crippen LogP contribution in [0.25, 0.3) is 16.6 Å². The fourth-order valence-electron chi connectivity index (χ4n) is 4.07. The number of aromatic nitrogens is 4. The monoisotopic (exact) mass is 402 g/mol. The Kier molecular flexibility index (Phi) is 4.46. The lowest BCUT2D eigenvalue weighted by atomic mass is 10.1. The molecule has 1 N–H and O–H groups in total. The first-order chi connectivity index (χ1) is 14.6. The molecule has 1 saturated heterocycles. The van der Waals surface area contributed by atoms with Crippen LogP contribution in [0.5, 0.6) is 0 Å². The Hall–Kier alpha value is -3.68. The van der Waals surface area contributed by atoms with Gasteiger partial charge in [0, 0.05) is 38.1 Å². The minimum absolute atomic E-state index is 0.0199. The molecule has 1 aliphatic rings. The lowest BCUT2D eigenvalue weighted by Crippen LogP contribution is -2.38. The van der Waals surface area contributed by atoms with Gasteiger partial charge in [-0.2, -0.15) is 0 Å². The molecule has 0 bridgehead atoms. The molecule has 1 atom stereocenters. The van der Waals surface area contributed by atoms with Crippen LogP contribution in [-0.2, 0) is 6.42 Å². The van der Waals surface area contributed by atoms with Crippen molar-refractivity contribution in [3.63, 3.8) is 0 Å². The van der Waals surface area contributed by atoms with E-state index in [4.69, 9.17) is 5.10 Å². The van der Waals surface area contributed by atoms with Crippen molar-refractivity contribution in [3.8, 4) is 0 Å². The Bertz CT molecular complexity index is 1240. The summed E-state index contributed by atoms with van der Waals surface area (Å²) < 4.78 is 1.89. The molecule has 8 heteroatoms. The van der Waals surface area contributed by atoms with Crippen molar-refractivity contribution in [1.82, 2.24) is 24.5 Å². The number of anilines is 1. The van der Waals surface area contributed by atoms with E-state index in [1.54, 1.807) is 13.2 Å². The normalized spacial score (nSPS) is 16.4. The Labute approximate surface area is 173 Å². The average Bonchev–Trinajstić information content (AvgIpc) is 3.40. The van der Waals surface area contributed by atoms with Gasteiger partial charge in [-0.3, -0.25) is 4.98 Å². The molecule has 1 aromatic carbocycles. The zero-order chi connectivity index (χ0) is 20.7. The van der Waals surface area contributed by atoms with Crippen LogP contribution >= 0.6 is 0 Å². The molecule has 8 nitrogen and oxygen atoms in total. The SMILES string of the molecule is CN(C(=O)O)C1CCN(c2ccc3ncc(Cc4ccc5ncccc5c4)n3n2)C1. The van der Waals surface area contributed by atoms with Gasteiger partial charge in [-0.15, -0.1) is 5.10 Å². The van der Waals surface area contributed by atoms with Crippen molar-refractivity contribution < 1.29 is 9.90 Å². The van der Waals surface area contributed by atoms with Crippen molar-refractivity contribution in [1.29, 1.82) is 0 Å². The number of carboxylic acid groups (broad SMARTS) is 1. The molecule has 0 spiro atoms. The van der Waals surface area contributed by atoms with Crippen molar-refractivity contribution >= 4 is 28.5 Å². The predicted octanol–water partition coefficient (Wildman–Crippen LogP) is 3.06. The van der Waals surface area contributed by atoms with Crippen LogP contribution < -0.4 is 4.90 Å². The summed E-state index contributed by atoms with van der Waals surface area (Å²) in [6, 6.07) is 14.2. The molecule has 1 aliphatic heterocycles. The first-order valence-electron chi connectivity index (χ1n) is 9.96. The van der Waals surface area contributed by atoms with E-state index < -0.39 is 6.09 Å². The molecule has 3 aromatic heterocycles. The van der Waals surface area contributed by atoms with Gasteiger partial charge in [0.1, 0.15) is 5.82 Å². The average molecular weight is 402 g/mol. The van der Waals surface area contributed by atoms with E-state index in [0.717, 1.165) is 41.0 Å². The number of likely N-dealkylation sites (N-methyl/N-ethyl adjacent to an activating group) is 1. The number of pyridine rings is 1. The van der Waals surface area contributed by atoms with Crippen LogP contribution in [-0.4, -0.2) is 61.9 Å². The summed E-state index contributed by atoms with van der Waals surface area (Å²) in [5.74, 6) is 0.839. The molecule has 4 aromatic rings. The largest absolute Gasteiger partial charge is 0.465 e. The molecule has 1 unspecified atom stereocenters. The van der Waals surface area contributed by atoms with Gasteiger partial charge in [0.15, 0.2) is 5.65 Å². The maximum atomic E-state index is 11.2. The lowest BCUT2D eigenvalue weighted by molar-refractivity contribution is 0.142. The topological polar surface area (TPSA) is 86.9 Å². The molecular formula is C22H22N6O2. The third kappa shape index (κ3) is 3.30. The summed E-state index contributed by atoms with van der Waals surface area (Å²) in [6.45, 7) is 1.42. The van der Waals surface area contributed by atoms with Gasteiger partial charge >= 0.3 is 6.09 Å². The summed E-state index contributed by atoms with van der Waals surface area (Å²) in [6.07, 6.45) is 4.28. The van der Waals surface area contributed by atoms with Gasteiger partial charge in [0.05, 0.1) is 23.4 Å². The smallest absolute Gasteiger partial charge is 0.407 e. The maximum Gasteiger partial charge on any atom is 0.407 e. The highest BCUT2D eigenvalue weighted by Crippen LogP contribution is 2.22. The minimum Gasteiger partial charge on any atom is -0.465 e. The molecular weight excluding hydrogens is 380 g/mol. The summed E-state index contributed by atoms with van der Waals surface area (Å²) in [5.41, 5.74) is 3.96. The summed E-state index contributed by atoms with van der Waals surface area (Å²) in [5, 5.41) is 15.2. The summed E-state index contributed by atoms with van der Waals surface area (Å²) in [4.78, 5) is 23.6. The van der Waals surface area contributed by atoms with Gasteiger partial charge in [-0.05, 0) is 42.3 Å². The number of benzene rings is 1. The zero-order valence-electron chi connectivity index (χ0n) is 16.6. The van der Waals surface area contributed by atoms with Crippen molar-refractivity contribution in [3.05, 3.63) is 66.1 Å². The van der Waals surface area contributed by atoms with E-state index in [9.17, 15) is 9.90 Å². The molecule has 0 saturated carbocycles. The predicted molar refractivity (Wildman–Crippen MR) is 114 cm³/mol. The fraction of sp³-hybridized carbons (Fsp3) is 0.273. The number of amides is 1. The molecule has 5 rings (SSSR count). The van der Waals surface area contributed by atoms with Crippen LogP contribution in [0.4, 0.5) is 10.6 Å². The molecule has 1 fully saturated rings. The van der Waals surface area contributed by atoms with Gasteiger partial charge in [-0.25, -0.2) is 14.3 Å². The van der Waals surface area contributed by atoms with E-state index in [1.165, 1.54) is 10.5 Å². The lowest BCUT2D eigenvalue weighted by Gasteiger charge is -2.22. The number of rotatable bonds is 4. The molecule has 30 heavy (non-hydrogen) atoms. The molecule has 1 amide bonds. The van der Waals surface area contributed by atoms with Gasteiger partial charge < -0.3 is 14.9 Å². The molecule has 4 heterocycles. The van der Waals surface area contributed by atoms with Crippen LogP contribution in [0, 0.1) is 0 Å². The Morgan fingerprint density at radius 2 is 2.13 bits per heavy atom. The van der Waals surface area contributed by atoms with Crippen LogP contribution in [0.15, 0.2) is 54.9 Å². The number of imidazole rings is 1. The number of hydrogen-bond acceptors (Lipinski definition) is 5. The highest BCUT2D eigenvalue weighted by atomic mass is 16.4. The number of nitrogens with zero attached hydrogens (tertiary/aromatic N) is 6. The van der Waals surface area contributed by atoms with E-state index in [1.807, 2.05) is 35.0 Å². The number of carbonyl (C=O) groups is 1. The van der Waals surface area contributed by atoms with E-state index >= 15 is 0 Å². The summed E-state index contributed by atoms with van der Waals surface area (Å²) in [7, 11) is 1.63.